The second kappa shape index (κ2) is 8.18. The number of piperazine rings is 1. The van der Waals surface area contributed by atoms with Gasteiger partial charge >= 0.3 is 0 Å². The van der Waals surface area contributed by atoms with E-state index < -0.39 is 0 Å². The Labute approximate surface area is 192 Å². The van der Waals surface area contributed by atoms with Gasteiger partial charge in [-0.15, -0.1) is 11.3 Å². The van der Waals surface area contributed by atoms with Gasteiger partial charge in [-0.2, -0.15) is 5.10 Å². The molecule has 33 heavy (non-hydrogen) atoms. The van der Waals surface area contributed by atoms with Crippen LogP contribution < -0.4 is 10.2 Å². The number of H-pyrrole nitrogens is 1. The van der Waals surface area contributed by atoms with Crippen molar-refractivity contribution in [1.29, 1.82) is 0 Å². The second-order valence-electron chi connectivity index (χ2n) is 7.96. The molecule has 2 aliphatic rings. The Morgan fingerprint density at radius 2 is 2.03 bits per heavy atom. The highest BCUT2D eigenvalue weighted by molar-refractivity contribution is 7.21. The minimum atomic E-state index is -0.282. The summed E-state index contributed by atoms with van der Waals surface area (Å²) >= 11 is 1.34. The lowest BCUT2D eigenvalue weighted by molar-refractivity contribution is -0.129. The molecule has 0 spiro atoms. The molecule has 0 aliphatic carbocycles. The third kappa shape index (κ3) is 3.54. The van der Waals surface area contributed by atoms with Gasteiger partial charge in [-0.05, 0) is 12.1 Å². The molecule has 5 heterocycles. The maximum absolute atomic E-state index is 13.2. The number of aromatic amines is 1. The fourth-order valence-corrected chi connectivity index (χ4v) is 5.31. The lowest BCUT2D eigenvalue weighted by atomic mass is 10.1. The summed E-state index contributed by atoms with van der Waals surface area (Å²) in [6, 6.07) is 7.65. The highest BCUT2D eigenvalue weighted by Gasteiger charge is 2.28. The quantitative estimate of drug-likeness (QED) is 0.441. The molecule has 0 bridgehead atoms. The number of benzene rings is 1. The molecule has 4 aromatic rings. The summed E-state index contributed by atoms with van der Waals surface area (Å²) in [5, 5.41) is 11.1. The van der Waals surface area contributed by atoms with Crippen LogP contribution in [0.3, 0.4) is 0 Å². The number of rotatable bonds is 3. The first-order valence-corrected chi connectivity index (χ1v) is 11.6. The van der Waals surface area contributed by atoms with Crippen molar-refractivity contribution in [3.05, 3.63) is 35.3 Å². The molecule has 0 unspecified atom stereocenters. The lowest BCUT2D eigenvalue weighted by Gasteiger charge is -2.28. The Morgan fingerprint density at radius 1 is 1.15 bits per heavy atom. The largest absolute Gasteiger partial charge is 0.378 e. The maximum atomic E-state index is 13.2. The lowest BCUT2D eigenvalue weighted by Crippen LogP contribution is -2.50. The molecule has 3 aromatic heterocycles. The van der Waals surface area contributed by atoms with E-state index >= 15 is 0 Å². The highest BCUT2D eigenvalue weighted by atomic mass is 32.1. The number of anilines is 1. The number of thiophene rings is 1. The average Bonchev–Trinajstić information content (AvgIpc) is 3.51. The second-order valence-corrected chi connectivity index (χ2v) is 9.01. The zero-order chi connectivity index (χ0) is 22.4. The Morgan fingerprint density at radius 3 is 2.88 bits per heavy atom. The van der Waals surface area contributed by atoms with E-state index in [2.05, 4.69) is 20.4 Å². The number of ether oxygens (including phenoxy) is 1. The van der Waals surface area contributed by atoms with Gasteiger partial charge in [0.15, 0.2) is 11.6 Å². The first-order valence-electron chi connectivity index (χ1n) is 10.8. The van der Waals surface area contributed by atoms with Gasteiger partial charge in [0.1, 0.15) is 0 Å². The van der Waals surface area contributed by atoms with Gasteiger partial charge in [-0.25, -0.2) is 9.97 Å². The predicted octanol–water partition coefficient (Wildman–Crippen LogP) is 1.64. The van der Waals surface area contributed by atoms with E-state index in [1.165, 1.54) is 16.2 Å². The fraction of sp³-hybridized carbons (Fsp3) is 0.318. The van der Waals surface area contributed by atoms with Crippen molar-refractivity contribution in [2.45, 2.75) is 0 Å². The number of morpholine rings is 1. The molecule has 0 saturated carbocycles. The monoisotopic (exact) mass is 463 g/mol. The molecule has 168 valence electrons. The van der Waals surface area contributed by atoms with Crippen LogP contribution >= 0.6 is 11.3 Å². The molecular formula is C22H21N7O3S. The van der Waals surface area contributed by atoms with Gasteiger partial charge < -0.3 is 15.0 Å². The zero-order valence-electron chi connectivity index (χ0n) is 17.7. The molecule has 2 fully saturated rings. The van der Waals surface area contributed by atoms with Crippen molar-refractivity contribution in [3.8, 4) is 11.4 Å². The van der Waals surface area contributed by atoms with Crippen molar-refractivity contribution in [3.63, 3.8) is 0 Å². The average molecular weight is 464 g/mol. The number of hydrogen-bond donors (Lipinski definition) is 2. The zero-order valence-corrected chi connectivity index (χ0v) is 18.5. The Hall–Kier alpha value is -3.41. The first-order chi connectivity index (χ1) is 16.2. The van der Waals surface area contributed by atoms with Crippen molar-refractivity contribution >= 4 is 50.1 Å². The molecule has 11 heteroatoms. The summed E-state index contributed by atoms with van der Waals surface area (Å²) in [5.41, 5.74) is 2.47. The number of hydrogen-bond acceptors (Lipinski definition) is 9. The number of aromatic nitrogens is 4. The molecule has 2 amide bonds. The number of carbonyl (C=O) groups is 2. The van der Waals surface area contributed by atoms with Gasteiger partial charge in [-0.1, -0.05) is 12.1 Å². The van der Waals surface area contributed by atoms with Crippen LogP contribution in [0.2, 0.25) is 0 Å². The van der Waals surface area contributed by atoms with Crippen molar-refractivity contribution in [2.24, 2.45) is 0 Å². The minimum Gasteiger partial charge on any atom is -0.378 e. The van der Waals surface area contributed by atoms with Crippen LogP contribution in [-0.4, -0.2) is 82.8 Å². The Kier molecular flexibility index (Phi) is 5.01. The first kappa shape index (κ1) is 20.2. The molecule has 10 nitrogen and oxygen atoms in total. The normalized spacial score (nSPS) is 17.3. The van der Waals surface area contributed by atoms with Gasteiger partial charge in [0.25, 0.3) is 5.91 Å². The van der Waals surface area contributed by atoms with Gasteiger partial charge in [0.05, 0.1) is 46.6 Å². The van der Waals surface area contributed by atoms with Crippen molar-refractivity contribution in [2.75, 3.05) is 50.8 Å². The van der Waals surface area contributed by atoms with E-state index in [-0.39, 0.29) is 18.4 Å². The van der Waals surface area contributed by atoms with E-state index in [0.717, 1.165) is 27.0 Å². The third-order valence-electron chi connectivity index (χ3n) is 5.94. The molecule has 1 aromatic carbocycles. The predicted molar refractivity (Wildman–Crippen MR) is 124 cm³/mol. The standard InChI is InChI=1S/C22H21N7O3S/c30-18-12-23-4-5-29(18)22(31)17-10-16-19(33-17)21(28-6-8-32-9-7-28)26-20(25-16)13-2-1-3-15-14(13)11-24-27-15/h1-3,10-11,23H,4-9,12H2,(H,24,27). The van der Waals surface area contributed by atoms with Crippen LogP contribution in [-0.2, 0) is 9.53 Å². The van der Waals surface area contributed by atoms with Crippen LogP contribution in [0.1, 0.15) is 9.67 Å². The van der Waals surface area contributed by atoms with Crippen LogP contribution in [0.25, 0.3) is 32.5 Å². The summed E-state index contributed by atoms with van der Waals surface area (Å²) in [6.45, 7) is 3.78. The smallest absolute Gasteiger partial charge is 0.270 e. The van der Waals surface area contributed by atoms with Crippen molar-refractivity contribution < 1.29 is 14.3 Å². The van der Waals surface area contributed by atoms with Crippen LogP contribution in [0.5, 0.6) is 0 Å². The minimum absolute atomic E-state index is 0.175. The summed E-state index contributed by atoms with van der Waals surface area (Å²) in [5.74, 6) is 0.868. The van der Waals surface area contributed by atoms with Crippen molar-refractivity contribution in [1.82, 2.24) is 30.4 Å². The van der Waals surface area contributed by atoms with Gasteiger partial charge in [0.2, 0.25) is 5.91 Å². The topological polar surface area (TPSA) is 116 Å². The Balaban J connectivity index is 1.50. The number of carbonyl (C=O) groups excluding carboxylic acids is 2. The SMILES string of the molecule is O=C1CNCCN1C(=O)c1cc2nc(-c3cccc4[nH]ncc34)nc(N3CCOCC3)c2s1. The number of nitrogens with zero attached hydrogens (tertiary/aromatic N) is 5. The maximum Gasteiger partial charge on any atom is 0.270 e. The molecule has 2 saturated heterocycles. The molecule has 2 N–H and O–H groups in total. The van der Waals surface area contributed by atoms with Gasteiger partial charge in [0, 0.05) is 37.1 Å². The number of imide groups is 1. The fourth-order valence-electron chi connectivity index (χ4n) is 4.25. The summed E-state index contributed by atoms with van der Waals surface area (Å²) in [4.78, 5) is 39.2. The molecule has 6 rings (SSSR count). The summed E-state index contributed by atoms with van der Waals surface area (Å²) in [7, 11) is 0. The highest BCUT2D eigenvalue weighted by Crippen LogP contribution is 2.36. The van der Waals surface area contributed by atoms with E-state index in [0.29, 0.717) is 55.6 Å². The number of fused-ring (bicyclic) bond motifs is 2. The summed E-state index contributed by atoms with van der Waals surface area (Å²) < 4.78 is 6.37. The van der Waals surface area contributed by atoms with E-state index in [4.69, 9.17) is 14.7 Å². The van der Waals surface area contributed by atoms with E-state index in [1.807, 2.05) is 18.2 Å². The molecular weight excluding hydrogens is 442 g/mol. The van der Waals surface area contributed by atoms with E-state index in [1.54, 1.807) is 12.3 Å². The third-order valence-corrected chi connectivity index (χ3v) is 7.04. The number of amides is 2. The molecule has 0 atom stereocenters. The Bertz CT molecular complexity index is 1380. The van der Waals surface area contributed by atoms with Gasteiger partial charge in [-0.3, -0.25) is 19.6 Å². The van der Waals surface area contributed by atoms with Crippen LogP contribution in [0, 0.1) is 0 Å². The molecule has 0 radical (unpaired) electrons. The van der Waals surface area contributed by atoms with E-state index in [9.17, 15) is 9.59 Å². The number of nitrogens with one attached hydrogen (secondary N) is 2. The van der Waals surface area contributed by atoms with Crippen LogP contribution in [0.4, 0.5) is 5.82 Å². The molecule has 2 aliphatic heterocycles. The van der Waals surface area contributed by atoms with Crippen LogP contribution in [0.15, 0.2) is 30.5 Å². The summed E-state index contributed by atoms with van der Waals surface area (Å²) in [6.07, 6.45) is 1.77.